The summed E-state index contributed by atoms with van der Waals surface area (Å²) < 4.78 is 41.6. The van der Waals surface area contributed by atoms with Crippen molar-refractivity contribution in [1.82, 2.24) is 15.5 Å². The monoisotopic (exact) mass is 394 g/mol. The van der Waals surface area contributed by atoms with Crippen molar-refractivity contribution in [2.24, 2.45) is 5.92 Å². The van der Waals surface area contributed by atoms with Gasteiger partial charge in [-0.05, 0) is 38.0 Å². The van der Waals surface area contributed by atoms with Crippen LogP contribution in [0.4, 0.5) is 19.0 Å². The molecule has 1 aromatic carbocycles. The Bertz CT molecular complexity index is 812. The number of alkyl halides is 3. The van der Waals surface area contributed by atoms with Gasteiger partial charge in [-0.25, -0.2) is 0 Å². The summed E-state index contributed by atoms with van der Waals surface area (Å²) in [7, 11) is 0. The number of ether oxygens (including phenoxy) is 1. The number of rotatable bonds is 5. The Morgan fingerprint density at radius 1 is 1.25 bits per heavy atom. The van der Waals surface area contributed by atoms with Gasteiger partial charge >= 0.3 is 6.36 Å². The average Bonchev–Trinajstić information content (AvgIpc) is 2.66. The molecule has 1 saturated heterocycles. The molecule has 2 aromatic rings. The zero-order valence-electron chi connectivity index (χ0n) is 15.4. The smallest absolute Gasteiger partial charge is 0.405 e. The Hall–Kier alpha value is -2.84. The predicted molar refractivity (Wildman–Crippen MR) is 96.7 cm³/mol. The molecule has 0 radical (unpaired) electrons. The molecule has 1 atom stereocenters. The first kappa shape index (κ1) is 19.9. The van der Waals surface area contributed by atoms with Gasteiger partial charge in [0.05, 0.1) is 11.6 Å². The molecule has 1 fully saturated rings. The molecule has 1 aliphatic heterocycles. The van der Waals surface area contributed by atoms with Crippen LogP contribution in [0.1, 0.15) is 24.1 Å². The van der Waals surface area contributed by atoms with Crippen molar-refractivity contribution < 1.29 is 22.7 Å². The summed E-state index contributed by atoms with van der Waals surface area (Å²) in [5, 5.41) is 10.9. The summed E-state index contributed by atoms with van der Waals surface area (Å²) in [4.78, 5) is 14.6. The van der Waals surface area contributed by atoms with E-state index in [0.29, 0.717) is 18.8 Å². The number of hydrogen-bond acceptors (Lipinski definition) is 5. The number of amides is 1. The fourth-order valence-corrected chi connectivity index (χ4v) is 3.16. The zero-order chi connectivity index (χ0) is 20.1. The third-order valence-corrected chi connectivity index (χ3v) is 4.55. The average molecular weight is 394 g/mol. The molecule has 2 heterocycles. The van der Waals surface area contributed by atoms with E-state index in [4.69, 9.17) is 0 Å². The minimum atomic E-state index is -4.78. The molecule has 3 rings (SSSR count). The molecule has 1 N–H and O–H groups in total. The quantitative estimate of drug-likeness (QED) is 0.844. The Labute approximate surface area is 160 Å². The van der Waals surface area contributed by atoms with Crippen LogP contribution < -0.4 is 15.0 Å². The van der Waals surface area contributed by atoms with Crippen LogP contribution in [0.3, 0.4) is 0 Å². The Morgan fingerprint density at radius 3 is 2.75 bits per heavy atom. The molecule has 150 valence electrons. The maximum Gasteiger partial charge on any atom is 0.573 e. The van der Waals surface area contributed by atoms with Gasteiger partial charge in [-0.2, -0.15) is 5.10 Å². The number of halogens is 3. The lowest BCUT2D eigenvalue weighted by Crippen LogP contribution is -2.43. The van der Waals surface area contributed by atoms with Gasteiger partial charge in [-0.3, -0.25) is 4.79 Å². The van der Waals surface area contributed by atoms with Crippen LogP contribution in [0.15, 0.2) is 36.4 Å². The Morgan fingerprint density at radius 2 is 2.04 bits per heavy atom. The molecule has 28 heavy (non-hydrogen) atoms. The number of aryl methyl sites for hydroxylation is 1. The first-order valence-corrected chi connectivity index (χ1v) is 8.98. The lowest BCUT2D eigenvalue weighted by molar-refractivity contribution is -0.274. The third-order valence-electron chi connectivity index (χ3n) is 4.55. The van der Waals surface area contributed by atoms with Gasteiger partial charge in [-0.1, -0.05) is 18.2 Å². The normalized spacial score (nSPS) is 17.3. The van der Waals surface area contributed by atoms with Crippen molar-refractivity contribution in [2.75, 3.05) is 18.0 Å². The number of carbonyl (C=O) groups is 1. The summed E-state index contributed by atoms with van der Waals surface area (Å²) >= 11 is 0. The van der Waals surface area contributed by atoms with Gasteiger partial charge in [0.1, 0.15) is 5.75 Å². The Kier molecular flexibility index (Phi) is 6.01. The van der Waals surface area contributed by atoms with Crippen LogP contribution in [0.25, 0.3) is 0 Å². The van der Waals surface area contributed by atoms with Crippen molar-refractivity contribution in [3.63, 3.8) is 0 Å². The van der Waals surface area contributed by atoms with Gasteiger partial charge < -0.3 is 15.0 Å². The zero-order valence-corrected chi connectivity index (χ0v) is 15.4. The van der Waals surface area contributed by atoms with Crippen molar-refractivity contribution in [1.29, 1.82) is 0 Å². The minimum Gasteiger partial charge on any atom is -0.405 e. The number of anilines is 1. The second-order valence-electron chi connectivity index (χ2n) is 6.69. The van der Waals surface area contributed by atoms with E-state index >= 15 is 0 Å². The number of hydrogen-bond donors (Lipinski definition) is 1. The first-order valence-electron chi connectivity index (χ1n) is 8.98. The maximum atomic E-state index is 12.6. The molecular formula is C19H21F3N4O2. The SMILES string of the molecule is Cc1ccc(N2CCCC(C(=O)NCc3ccccc3OC(F)(F)F)C2)nn1. The van der Waals surface area contributed by atoms with E-state index in [1.165, 1.54) is 18.2 Å². The van der Waals surface area contributed by atoms with E-state index in [1.807, 2.05) is 24.0 Å². The highest BCUT2D eigenvalue weighted by Crippen LogP contribution is 2.26. The van der Waals surface area contributed by atoms with Gasteiger partial charge in [-0.15, -0.1) is 18.3 Å². The largest absolute Gasteiger partial charge is 0.573 e. The molecule has 9 heteroatoms. The number of benzene rings is 1. The standard InChI is InChI=1S/C19H21F3N4O2/c1-13-8-9-17(25-24-13)26-10-4-6-15(12-26)18(27)23-11-14-5-2-3-7-16(14)28-19(20,21)22/h2-3,5,7-9,15H,4,6,10-12H2,1H3,(H,23,27). The highest BCUT2D eigenvalue weighted by Gasteiger charge is 2.32. The summed E-state index contributed by atoms with van der Waals surface area (Å²) in [6.45, 7) is 3.09. The van der Waals surface area contributed by atoms with E-state index in [1.54, 1.807) is 6.07 Å². The number of piperidine rings is 1. The number of carbonyl (C=O) groups excluding carboxylic acids is 1. The first-order chi connectivity index (χ1) is 13.3. The van der Waals surface area contributed by atoms with E-state index in [2.05, 4.69) is 20.3 Å². The number of para-hydroxylation sites is 1. The highest BCUT2D eigenvalue weighted by molar-refractivity contribution is 5.79. The second-order valence-corrected chi connectivity index (χ2v) is 6.69. The molecule has 0 saturated carbocycles. The van der Waals surface area contributed by atoms with Crippen LogP contribution >= 0.6 is 0 Å². The second kappa shape index (κ2) is 8.45. The minimum absolute atomic E-state index is 0.0358. The number of nitrogens with one attached hydrogen (secondary N) is 1. The van der Waals surface area contributed by atoms with Crippen LogP contribution in [-0.2, 0) is 11.3 Å². The molecule has 6 nitrogen and oxygen atoms in total. The van der Waals surface area contributed by atoms with Gasteiger partial charge in [0.2, 0.25) is 5.91 Å². The van der Waals surface area contributed by atoms with Gasteiger partial charge in [0, 0.05) is 25.2 Å². The third kappa shape index (κ3) is 5.34. The molecule has 1 amide bonds. The fraction of sp³-hybridized carbons (Fsp3) is 0.421. The van der Waals surface area contributed by atoms with Crippen LogP contribution in [0.5, 0.6) is 5.75 Å². The van der Waals surface area contributed by atoms with Crippen LogP contribution in [-0.4, -0.2) is 35.6 Å². The summed E-state index contributed by atoms with van der Waals surface area (Å²) in [6.07, 6.45) is -3.25. The lowest BCUT2D eigenvalue weighted by Gasteiger charge is -2.32. The van der Waals surface area contributed by atoms with Crippen molar-refractivity contribution in [2.45, 2.75) is 32.7 Å². The number of aromatic nitrogens is 2. The van der Waals surface area contributed by atoms with Crippen molar-refractivity contribution in [3.05, 3.63) is 47.7 Å². The number of nitrogens with zero attached hydrogens (tertiary/aromatic N) is 3. The van der Waals surface area contributed by atoms with Crippen molar-refractivity contribution in [3.8, 4) is 5.75 Å². The van der Waals surface area contributed by atoms with E-state index in [0.717, 1.165) is 18.7 Å². The maximum absolute atomic E-state index is 12.6. The molecular weight excluding hydrogens is 373 g/mol. The molecule has 1 unspecified atom stereocenters. The molecule has 1 aliphatic rings. The predicted octanol–water partition coefficient (Wildman–Crippen LogP) is 3.22. The van der Waals surface area contributed by atoms with Gasteiger partial charge in [0.15, 0.2) is 5.82 Å². The summed E-state index contributed by atoms with van der Waals surface area (Å²) in [5.74, 6) is -0.0679. The summed E-state index contributed by atoms with van der Waals surface area (Å²) in [6, 6.07) is 9.51. The molecule has 0 spiro atoms. The van der Waals surface area contributed by atoms with Crippen LogP contribution in [0, 0.1) is 12.8 Å². The Balaban J connectivity index is 1.60. The van der Waals surface area contributed by atoms with Crippen molar-refractivity contribution >= 4 is 11.7 Å². The topological polar surface area (TPSA) is 67.4 Å². The molecule has 0 bridgehead atoms. The van der Waals surface area contributed by atoms with E-state index in [-0.39, 0.29) is 29.7 Å². The summed E-state index contributed by atoms with van der Waals surface area (Å²) in [5.41, 5.74) is 1.08. The van der Waals surface area contributed by atoms with Crippen LogP contribution in [0.2, 0.25) is 0 Å². The lowest BCUT2D eigenvalue weighted by atomic mass is 9.97. The molecule has 0 aliphatic carbocycles. The fourth-order valence-electron chi connectivity index (χ4n) is 3.16. The van der Waals surface area contributed by atoms with E-state index < -0.39 is 6.36 Å². The highest BCUT2D eigenvalue weighted by atomic mass is 19.4. The van der Waals surface area contributed by atoms with E-state index in [9.17, 15) is 18.0 Å². The van der Waals surface area contributed by atoms with Gasteiger partial charge in [0.25, 0.3) is 0 Å². The molecule has 1 aromatic heterocycles.